The zero-order valence-corrected chi connectivity index (χ0v) is 9.05. The Morgan fingerprint density at radius 3 is 2.31 bits per heavy atom. The Labute approximate surface area is 80.8 Å². The molecular weight excluding hydrogens is 186 g/mol. The molecular formula is C8H19N3OS. The predicted molar refractivity (Wildman–Crippen MR) is 58.3 cm³/mol. The van der Waals surface area contributed by atoms with Crippen LogP contribution in [0.1, 0.15) is 0 Å². The van der Waals surface area contributed by atoms with Crippen molar-refractivity contribution in [2.75, 3.05) is 45.5 Å². The van der Waals surface area contributed by atoms with E-state index < -0.39 is 9.71 Å². The highest BCUT2D eigenvalue weighted by molar-refractivity contribution is 7.97. The second kappa shape index (κ2) is 4.41. The minimum atomic E-state index is -1.99. The van der Waals surface area contributed by atoms with Gasteiger partial charge in [-0.1, -0.05) is 0 Å². The van der Waals surface area contributed by atoms with Crippen molar-refractivity contribution in [3.05, 3.63) is 0 Å². The Hall–Kier alpha value is -0.100. The van der Waals surface area contributed by atoms with Gasteiger partial charge in [-0.2, -0.15) is 0 Å². The van der Waals surface area contributed by atoms with Crippen molar-refractivity contribution in [1.29, 1.82) is 0 Å². The van der Waals surface area contributed by atoms with E-state index in [1.807, 2.05) is 4.31 Å². The molecule has 4 nitrogen and oxygen atoms in total. The maximum absolute atomic E-state index is 11.6. The van der Waals surface area contributed by atoms with Crippen LogP contribution in [0.5, 0.6) is 0 Å². The van der Waals surface area contributed by atoms with E-state index >= 15 is 0 Å². The Kier molecular flexibility index (Phi) is 3.73. The summed E-state index contributed by atoms with van der Waals surface area (Å²) < 4.78 is 13.5. The molecule has 1 unspecified atom stereocenters. The molecule has 0 aromatic heterocycles. The van der Waals surface area contributed by atoms with Gasteiger partial charge in [0.1, 0.15) is 0 Å². The largest absolute Gasteiger partial charge is 0.329 e. The molecule has 1 rings (SSSR count). The second-order valence-corrected chi connectivity index (χ2v) is 5.95. The standard InChI is InChI=1S/C8H19N3OS/c1-13(2,12)11-7-5-10(4-3-9)6-8-11/h1,3-9H2,2H3. The molecule has 1 fully saturated rings. The molecule has 5 heteroatoms. The predicted octanol–water partition coefficient (Wildman–Crippen LogP) is -1.18. The molecule has 1 saturated heterocycles. The van der Waals surface area contributed by atoms with Crippen LogP contribution in [0.4, 0.5) is 0 Å². The third-order valence-electron chi connectivity index (χ3n) is 2.32. The maximum Gasteiger partial charge on any atom is 0.0246 e. The smallest absolute Gasteiger partial charge is 0.0246 e. The molecule has 1 aliphatic heterocycles. The number of nitrogens with zero attached hydrogens (tertiary/aromatic N) is 2. The summed E-state index contributed by atoms with van der Waals surface area (Å²) in [6.07, 6.45) is 1.70. The van der Waals surface area contributed by atoms with Crippen LogP contribution in [0.2, 0.25) is 0 Å². The van der Waals surface area contributed by atoms with Crippen molar-refractivity contribution < 1.29 is 4.21 Å². The van der Waals surface area contributed by atoms with Crippen LogP contribution < -0.4 is 5.73 Å². The van der Waals surface area contributed by atoms with Crippen LogP contribution in [-0.2, 0) is 9.71 Å². The summed E-state index contributed by atoms with van der Waals surface area (Å²) in [7, 11) is -1.99. The number of nitrogens with two attached hydrogens (primary N) is 1. The lowest BCUT2D eigenvalue weighted by Crippen LogP contribution is -2.49. The summed E-state index contributed by atoms with van der Waals surface area (Å²) >= 11 is 0. The van der Waals surface area contributed by atoms with Crippen LogP contribution in [0.25, 0.3) is 0 Å². The Morgan fingerprint density at radius 1 is 1.38 bits per heavy atom. The molecule has 1 aliphatic rings. The van der Waals surface area contributed by atoms with E-state index in [1.165, 1.54) is 0 Å². The first-order valence-corrected chi connectivity index (χ1v) is 6.63. The highest BCUT2D eigenvalue weighted by Crippen LogP contribution is 2.04. The second-order valence-electron chi connectivity index (χ2n) is 3.52. The van der Waals surface area contributed by atoms with Gasteiger partial charge in [0.05, 0.1) is 0 Å². The Bertz CT molecular complexity index is 242. The summed E-state index contributed by atoms with van der Waals surface area (Å²) in [5, 5.41) is 0. The van der Waals surface area contributed by atoms with E-state index in [4.69, 9.17) is 5.73 Å². The molecule has 0 amide bonds. The zero-order valence-electron chi connectivity index (χ0n) is 8.24. The van der Waals surface area contributed by atoms with Gasteiger partial charge in [-0.3, -0.25) is 9.11 Å². The van der Waals surface area contributed by atoms with Crippen LogP contribution >= 0.6 is 0 Å². The van der Waals surface area contributed by atoms with Gasteiger partial charge in [-0.25, -0.2) is 4.31 Å². The quantitative estimate of drug-likeness (QED) is 0.590. The molecule has 0 aliphatic carbocycles. The zero-order chi connectivity index (χ0) is 9.90. The summed E-state index contributed by atoms with van der Waals surface area (Å²) in [5.41, 5.74) is 5.46. The van der Waals surface area contributed by atoms with Crippen molar-refractivity contribution in [1.82, 2.24) is 9.21 Å². The van der Waals surface area contributed by atoms with Crippen molar-refractivity contribution >= 4 is 15.6 Å². The highest BCUT2D eigenvalue weighted by Gasteiger charge is 2.19. The summed E-state index contributed by atoms with van der Waals surface area (Å²) in [4.78, 5) is 2.29. The molecule has 0 bridgehead atoms. The normalized spacial score (nSPS) is 25.7. The van der Waals surface area contributed by atoms with Crippen molar-refractivity contribution in [3.63, 3.8) is 0 Å². The Balaban J connectivity index is 2.39. The fourth-order valence-corrected chi connectivity index (χ4v) is 2.46. The van der Waals surface area contributed by atoms with E-state index in [-0.39, 0.29) is 0 Å². The lowest BCUT2D eigenvalue weighted by molar-refractivity contribution is 0.197. The molecule has 1 atom stereocenters. The van der Waals surface area contributed by atoms with E-state index in [0.717, 1.165) is 32.7 Å². The minimum absolute atomic E-state index is 0.700. The van der Waals surface area contributed by atoms with Gasteiger partial charge in [-0.15, -0.1) is 0 Å². The molecule has 2 N–H and O–H groups in total. The number of hydrogen-bond donors (Lipinski definition) is 1. The van der Waals surface area contributed by atoms with E-state index in [9.17, 15) is 4.21 Å². The molecule has 1 heterocycles. The van der Waals surface area contributed by atoms with E-state index in [1.54, 1.807) is 6.26 Å². The SMILES string of the molecule is C=S(C)(=O)N1CCN(CCN)CC1. The van der Waals surface area contributed by atoms with Gasteiger partial charge in [0.15, 0.2) is 0 Å². The van der Waals surface area contributed by atoms with Gasteiger partial charge < -0.3 is 5.73 Å². The monoisotopic (exact) mass is 205 g/mol. The summed E-state index contributed by atoms with van der Waals surface area (Å²) in [6, 6.07) is 0. The van der Waals surface area contributed by atoms with Crippen LogP contribution in [0.3, 0.4) is 0 Å². The first-order valence-electron chi connectivity index (χ1n) is 4.54. The van der Waals surface area contributed by atoms with Gasteiger partial charge >= 0.3 is 0 Å². The van der Waals surface area contributed by atoms with Gasteiger partial charge in [0, 0.05) is 55.2 Å². The average Bonchev–Trinajstić information content (AvgIpc) is 2.04. The van der Waals surface area contributed by atoms with Crippen LogP contribution in [0.15, 0.2) is 0 Å². The molecule has 0 radical (unpaired) electrons. The van der Waals surface area contributed by atoms with Gasteiger partial charge in [0.25, 0.3) is 0 Å². The minimum Gasteiger partial charge on any atom is -0.329 e. The van der Waals surface area contributed by atoms with Crippen LogP contribution in [-0.4, -0.2) is 64.8 Å². The first kappa shape index (κ1) is 11.0. The third-order valence-corrected chi connectivity index (χ3v) is 3.78. The average molecular weight is 205 g/mol. The number of hydrogen-bond acceptors (Lipinski definition) is 3. The first-order chi connectivity index (χ1) is 6.04. The third kappa shape index (κ3) is 3.27. The summed E-state index contributed by atoms with van der Waals surface area (Å²) in [5.74, 6) is 3.68. The van der Waals surface area contributed by atoms with Gasteiger partial charge in [0.2, 0.25) is 0 Å². The molecule has 0 aromatic carbocycles. The molecule has 13 heavy (non-hydrogen) atoms. The topological polar surface area (TPSA) is 49.6 Å². The van der Waals surface area contributed by atoms with Crippen molar-refractivity contribution in [2.24, 2.45) is 5.73 Å². The molecule has 0 saturated carbocycles. The Morgan fingerprint density at radius 2 is 1.92 bits per heavy atom. The number of piperazine rings is 1. The molecule has 78 valence electrons. The van der Waals surface area contributed by atoms with E-state index in [2.05, 4.69) is 10.8 Å². The molecule has 0 aromatic rings. The maximum atomic E-state index is 11.6. The lowest BCUT2D eigenvalue weighted by atomic mass is 10.3. The molecule has 0 spiro atoms. The van der Waals surface area contributed by atoms with E-state index in [0.29, 0.717) is 6.54 Å². The van der Waals surface area contributed by atoms with Gasteiger partial charge in [-0.05, 0) is 5.87 Å². The lowest BCUT2D eigenvalue weighted by Gasteiger charge is -2.34. The van der Waals surface area contributed by atoms with Crippen LogP contribution in [0, 0.1) is 0 Å². The fourth-order valence-electron chi connectivity index (χ4n) is 1.52. The van der Waals surface area contributed by atoms with Crippen molar-refractivity contribution in [2.45, 2.75) is 0 Å². The summed E-state index contributed by atoms with van der Waals surface area (Å²) in [6.45, 7) is 5.24. The fraction of sp³-hybridized carbons (Fsp3) is 0.875. The highest BCUT2D eigenvalue weighted by atomic mass is 32.2. The van der Waals surface area contributed by atoms with Crippen molar-refractivity contribution in [3.8, 4) is 0 Å². The number of rotatable bonds is 3.